The highest BCUT2D eigenvalue weighted by Gasteiger charge is 2.04. The molecule has 0 saturated heterocycles. The van der Waals surface area contributed by atoms with Crippen molar-refractivity contribution in [2.24, 2.45) is 0 Å². The molecule has 2 rings (SSSR count). The molecule has 0 bridgehead atoms. The molecule has 0 atom stereocenters. The summed E-state index contributed by atoms with van der Waals surface area (Å²) in [7, 11) is 1.31. The van der Waals surface area contributed by atoms with Crippen LogP contribution in [0.25, 0.3) is 6.08 Å². The predicted octanol–water partition coefficient (Wildman–Crippen LogP) is 2.72. The van der Waals surface area contributed by atoms with Gasteiger partial charge in [0.25, 0.3) is 0 Å². The van der Waals surface area contributed by atoms with Crippen molar-refractivity contribution in [1.29, 1.82) is 0 Å². The normalized spacial score (nSPS) is 10.6. The summed E-state index contributed by atoms with van der Waals surface area (Å²) in [6.45, 7) is 2.56. The van der Waals surface area contributed by atoms with Gasteiger partial charge in [-0.2, -0.15) is 0 Å². The van der Waals surface area contributed by atoms with E-state index in [0.29, 0.717) is 12.4 Å². The summed E-state index contributed by atoms with van der Waals surface area (Å²) in [5, 5.41) is 5.58. The number of hydrogen-bond acceptors (Lipinski definition) is 6. The average Bonchev–Trinajstić information content (AvgIpc) is 3.04. The van der Waals surface area contributed by atoms with Crippen LogP contribution in [0.3, 0.4) is 0 Å². The van der Waals surface area contributed by atoms with Gasteiger partial charge in [-0.3, -0.25) is 9.59 Å². The van der Waals surface area contributed by atoms with Crippen molar-refractivity contribution in [1.82, 2.24) is 10.3 Å². The van der Waals surface area contributed by atoms with Crippen LogP contribution in [0.1, 0.15) is 22.7 Å². The van der Waals surface area contributed by atoms with Crippen LogP contribution in [0.15, 0.2) is 35.7 Å². The van der Waals surface area contributed by atoms with Gasteiger partial charge in [0.15, 0.2) is 0 Å². The van der Waals surface area contributed by atoms with E-state index in [1.54, 1.807) is 17.4 Å². The molecule has 6 nitrogen and oxygen atoms in total. The number of benzene rings is 1. The number of nitrogens with zero attached hydrogens (tertiary/aromatic N) is 1. The fraction of sp³-hybridized carbons (Fsp3) is 0.278. The van der Waals surface area contributed by atoms with Crippen LogP contribution in [0.5, 0.6) is 5.75 Å². The summed E-state index contributed by atoms with van der Waals surface area (Å²) < 4.78 is 10.3. The lowest BCUT2D eigenvalue weighted by atomic mass is 10.2. The minimum absolute atomic E-state index is 0.142. The Bertz CT molecular complexity index is 755. The molecular weight excluding hydrogens is 340 g/mol. The van der Waals surface area contributed by atoms with E-state index in [0.717, 1.165) is 16.3 Å². The van der Waals surface area contributed by atoms with E-state index < -0.39 is 0 Å². The van der Waals surface area contributed by atoms with Crippen LogP contribution in [0.4, 0.5) is 0 Å². The zero-order chi connectivity index (χ0) is 18.1. The van der Waals surface area contributed by atoms with Gasteiger partial charge >= 0.3 is 5.97 Å². The molecule has 0 aliphatic rings. The number of nitrogens with one attached hydrogen (secondary N) is 1. The maximum atomic E-state index is 11.8. The Morgan fingerprint density at radius 3 is 2.84 bits per heavy atom. The summed E-state index contributed by atoms with van der Waals surface area (Å²) in [4.78, 5) is 27.1. The van der Waals surface area contributed by atoms with Gasteiger partial charge in [-0.15, -0.1) is 11.3 Å². The Morgan fingerprint density at radius 1 is 1.32 bits per heavy atom. The first-order valence-electron chi connectivity index (χ1n) is 7.74. The van der Waals surface area contributed by atoms with Crippen molar-refractivity contribution in [2.75, 3.05) is 13.7 Å². The highest BCUT2D eigenvalue weighted by molar-refractivity contribution is 7.09. The molecule has 0 aliphatic carbocycles. The highest BCUT2D eigenvalue weighted by atomic mass is 32.1. The number of amides is 1. The van der Waals surface area contributed by atoms with Gasteiger partial charge in [0.1, 0.15) is 12.4 Å². The molecule has 1 aromatic carbocycles. The first-order valence-corrected chi connectivity index (χ1v) is 8.62. The number of methoxy groups -OCH3 is 1. The molecule has 25 heavy (non-hydrogen) atoms. The molecule has 1 heterocycles. The maximum absolute atomic E-state index is 11.8. The third-order valence-electron chi connectivity index (χ3n) is 3.23. The van der Waals surface area contributed by atoms with E-state index >= 15 is 0 Å². The fourth-order valence-electron chi connectivity index (χ4n) is 1.99. The maximum Gasteiger partial charge on any atom is 0.307 e. The number of para-hydroxylation sites is 1. The number of carbonyl (C=O) groups excluding carboxylic acids is 2. The molecule has 1 aromatic heterocycles. The second kappa shape index (κ2) is 9.58. The van der Waals surface area contributed by atoms with Gasteiger partial charge in [-0.1, -0.05) is 18.2 Å². The number of ether oxygens (including phenoxy) is 2. The van der Waals surface area contributed by atoms with Gasteiger partial charge in [0.2, 0.25) is 5.91 Å². The number of esters is 1. The molecule has 0 spiro atoms. The zero-order valence-corrected chi connectivity index (χ0v) is 15.0. The highest BCUT2D eigenvalue weighted by Crippen LogP contribution is 2.21. The molecule has 1 N–H and O–H groups in total. The quantitative estimate of drug-likeness (QED) is 0.578. The standard InChI is InChI=1S/C18H20N2O4S/c1-13-20-15(12-25-13)11-24-16-6-4-3-5-14(16)7-8-17(21)19-10-9-18(22)23-2/h3-8,12H,9-11H2,1-2H3,(H,19,21)/b8-7+. The first kappa shape index (κ1) is 18.7. The summed E-state index contributed by atoms with van der Waals surface area (Å²) >= 11 is 1.58. The van der Waals surface area contributed by atoms with E-state index in [-0.39, 0.29) is 24.8 Å². The average molecular weight is 360 g/mol. The molecule has 0 radical (unpaired) electrons. The van der Waals surface area contributed by atoms with Gasteiger partial charge in [0.05, 0.1) is 24.2 Å². The molecule has 0 fully saturated rings. The van der Waals surface area contributed by atoms with Crippen molar-refractivity contribution >= 4 is 29.3 Å². The van der Waals surface area contributed by atoms with Crippen LogP contribution in [0, 0.1) is 6.92 Å². The summed E-state index contributed by atoms with van der Waals surface area (Å²) in [5.74, 6) is 0.0286. The Kier molecular flexibility index (Phi) is 7.16. The van der Waals surface area contributed by atoms with E-state index in [1.165, 1.54) is 13.2 Å². The van der Waals surface area contributed by atoms with Crippen LogP contribution in [-0.4, -0.2) is 30.5 Å². The van der Waals surface area contributed by atoms with Crippen LogP contribution < -0.4 is 10.1 Å². The molecule has 0 unspecified atom stereocenters. The number of aryl methyl sites for hydroxylation is 1. The van der Waals surface area contributed by atoms with Crippen LogP contribution in [-0.2, 0) is 20.9 Å². The number of rotatable bonds is 8. The van der Waals surface area contributed by atoms with E-state index in [9.17, 15) is 9.59 Å². The molecule has 132 valence electrons. The molecule has 0 saturated carbocycles. The number of thiazole rings is 1. The van der Waals surface area contributed by atoms with Crippen LogP contribution in [0.2, 0.25) is 0 Å². The third-order valence-corrected chi connectivity index (χ3v) is 4.05. The SMILES string of the molecule is COC(=O)CCNC(=O)/C=C/c1ccccc1OCc1csc(C)n1. The van der Waals surface area contributed by atoms with Crippen molar-refractivity contribution in [2.45, 2.75) is 20.0 Å². The Morgan fingerprint density at radius 2 is 2.12 bits per heavy atom. The number of carbonyl (C=O) groups is 2. The Labute approximate surface area is 150 Å². The second-order valence-corrected chi connectivity index (χ2v) is 6.20. The third kappa shape index (κ3) is 6.39. The lowest BCUT2D eigenvalue weighted by Crippen LogP contribution is -2.24. The smallest absolute Gasteiger partial charge is 0.307 e. The minimum Gasteiger partial charge on any atom is -0.487 e. The lowest BCUT2D eigenvalue weighted by Gasteiger charge is -2.07. The van der Waals surface area contributed by atoms with Crippen molar-refractivity contribution < 1.29 is 19.1 Å². The minimum atomic E-state index is -0.361. The van der Waals surface area contributed by atoms with E-state index in [2.05, 4.69) is 15.0 Å². The van der Waals surface area contributed by atoms with Gasteiger partial charge in [-0.05, 0) is 19.1 Å². The molecule has 0 aliphatic heterocycles. The summed E-state index contributed by atoms with van der Waals surface area (Å²) in [6.07, 6.45) is 3.23. The largest absolute Gasteiger partial charge is 0.487 e. The topological polar surface area (TPSA) is 77.5 Å². The summed E-state index contributed by atoms with van der Waals surface area (Å²) in [6, 6.07) is 7.44. The lowest BCUT2D eigenvalue weighted by molar-refractivity contribution is -0.140. The molecule has 7 heteroatoms. The van der Waals surface area contributed by atoms with Crippen molar-refractivity contribution in [3.63, 3.8) is 0 Å². The number of aromatic nitrogens is 1. The van der Waals surface area contributed by atoms with Crippen LogP contribution >= 0.6 is 11.3 Å². The molecular formula is C18H20N2O4S. The predicted molar refractivity (Wildman–Crippen MR) is 96.3 cm³/mol. The summed E-state index contributed by atoms with van der Waals surface area (Å²) in [5.41, 5.74) is 1.67. The monoisotopic (exact) mass is 360 g/mol. The van der Waals surface area contributed by atoms with Gasteiger partial charge < -0.3 is 14.8 Å². The van der Waals surface area contributed by atoms with Crippen molar-refractivity contribution in [3.8, 4) is 5.75 Å². The molecule has 1 amide bonds. The van der Waals surface area contributed by atoms with E-state index in [1.807, 2.05) is 36.6 Å². The fourth-order valence-corrected chi connectivity index (χ4v) is 2.59. The van der Waals surface area contributed by atoms with Gasteiger partial charge in [0, 0.05) is 23.6 Å². The Balaban J connectivity index is 1.90. The molecule has 2 aromatic rings. The number of hydrogen-bond donors (Lipinski definition) is 1. The van der Waals surface area contributed by atoms with Crippen molar-refractivity contribution in [3.05, 3.63) is 52.0 Å². The van der Waals surface area contributed by atoms with Gasteiger partial charge in [-0.25, -0.2) is 4.98 Å². The first-order chi connectivity index (χ1) is 12.1. The zero-order valence-electron chi connectivity index (χ0n) is 14.2. The second-order valence-electron chi connectivity index (χ2n) is 5.13. The van der Waals surface area contributed by atoms with E-state index in [4.69, 9.17) is 4.74 Å². The Hall–Kier alpha value is -2.67.